The van der Waals surface area contributed by atoms with Crippen molar-refractivity contribution in [3.8, 4) is 0 Å². The van der Waals surface area contributed by atoms with E-state index < -0.39 is 35.8 Å². The largest absolute Gasteiger partial charge is 0.350 e. The Hall–Kier alpha value is -2.82. The molecule has 3 N–H and O–H groups in total. The Morgan fingerprint density at radius 2 is 2.21 bits per heavy atom. The summed E-state index contributed by atoms with van der Waals surface area (Å²) in [5.74, 6) is -2.95. The lowest BCUT2D eigenvalue weighted by Gasteiger charge is -2.27. The van der Waals surface area contributed by atoms with Crippen LogP contribution < -0.4 is 10.0 Å². The van der Waals surface area contributed by atoms with E-state index in [1.165, 1.54) is 0 Å². The number of halogens is 2. The number of anilines is 1. The number of nitrogens with one attached hydrogen (secondary N) is 1. The van der Waals surface area contributed by atoms with Gasteiger partial charge in [0.2, 0.25) is 12.3 Å². The third-order valence-electron chi connectivity index (χ3n) is 4.76. The molecular weight excluding hydrogens is 390 g/mol. The van der Waals surface area contributed by atoms with Crippen molar-refractivity contribution in [1.82, 2.24) is 9.96 Å². The van der Waals surface area contributed by atoms with Crippen LogP contribution in [0.1, 0.15) is 32.6 Å². The molecule has 1 aromatic heterocycles. The van der Waals surface area contributed by atoms with Crippen LogP contribution in [0.4, 0.5) is 14.6 Å². The summed E-state index contributed by atoms with van der Waals surface area (Å²) < 4.78 is 27.5. The maximum Gasteiger partial charge on any atom is 0.330 e. The average molecular weight is 415 g/mol. The molecule has 0 bridgehead atoms. The highest BCUT2D eigenvalue weighted by Crippen LogP contribution is 2.25. The van der Waals surface area contributed by atoms with Gasteiger partial charge in [-0.1, -0.05) is 19.8 Å². The van der Waals surface area contributed by atoms with Crippen LogP contribution >= 0.6 is 0 Å². The van der Waals surface area contributed by atoms with E-state index in [4.69, 9.17) is 0 Å². The van der Waals surface area contributed by atoms with Gasteiger partial charge in [-0.05, 0) is 17.2 Å². The van der Waals surface area contributed by atoms with Crippen LogP contribution in [0.25, 0.3) is 0 Å². The van der Waals surface area contributed by atoms with Gasteiger partial charge in [0.25, 0.3) is 0 Å². The number of hydrogen-bond donors (Lipinski definition) is 3. The number of likely N-dealkylation sites (tertiary alicyclic amines) is 1. The smallest absolute Gasteiger partial charge is 0.330 e. The summed E-state index contributed by atoms with van der Waals surface area (Å²) in [6.07, 6.45) is 1.03. The third kappa shape index (κ3) is 5.83. The number of hydrogen-bond acceptors (Lipinski definition) is 5. The molecule has 1 aliphatic heterocycles. The molecule has 2 rings (SSSR count). The predicted octanol–water partition coefficient (Wildman–Crippen LogP) is 0.882. The first-order valence-corrected chi connectivity index (χ1v) is 9.33. The van der Waals surface area contributed by atoms with E-state index >= 15 is 0 Å². The Morgan fingerprint density at radius 3 is 2.83 bits per heavy atom. The van der Waals surface area contributed by atoms with Crippen LogP contribution in [0.2, 0.25) is 0 Å². The van der Waals surface area contributed by atoms with Gasteiger partial charge in [0.1, 0.15) is 12.2 Å². The number of aromatic nitrogens is 1. The van der Waals surface area contributed by atoms with E-state index in [1.807, 2.05) is 6.92 Å². The molecule has 3 atom stereocenters. The Kier molecular flexibility index (Phi) is 7.82. The number of amides is 3. The summed E-state index contributed by atoms with van der Waals surface area (Å²) in [4.78, 5) is 37.4. The van der Waals surface area contributed by atoms with Gasteiger partial charge < -0.3 is 10.1 Å². The molecule has 2 heterocycles. The molecule has 1 fully saturated rings. The van der Waals surface area contributed by atoms with Crippen molar-refractivity contribution in [3.63, 3.8) is 0 Å². The summed E-state index contributed by atoms with van der Waals surface area (Å²) >= 11 is 0. The van der Waals surface area contributed by atoms with Gasteiger partial charge in [0.15, 0.2) is 12.0 Å². The fourth-order valence-electron chi connectivity index (χ4n) is 3.30. The first-order valence-electron chi connectivity index (χ1n) is 9.33. The zero-order valence-electron chi connectivity index (χ0n) is 16.0. The molecule has 0 radical (unpaired) electrons. The molecule has 29 heavy (non-hydrogen) atoms. The van der Waals surface area contributed by atoms with Crippen molar-refractivity contribution in [2.24, 2.45) is 5.92 Å². The summed E-state index contributed by atoms with van der Waals surface area (Å²) in [6, 6.07) is 1.00. The summed E-state index contributed by atoms with van der Waals surface area (Å²) in [6.45, 7) is 1.35. The summed E-state index contributed by atoms with van der Waals surface area (Å²) in [5, 5.41) is 21.8. The third-order valence-corrected chi connectivity index (χ3v) is 4.76. The number of pyridine rings is 1. The highest BCUT2D eigenvalue weighted by Gasteiger charge is 2.44. The maximum atomic E-state index is 14.1. The van der Waals surface area contributed by atoms with E-state index in [0.717, 1.165) is 29.7 Å². The molecule has 1 saturated heterocycles. The predicted molar refractivity (Wildman–Crippen MR) is 95.0 cm³/mol. The number of carbonyl (C=O) groups is 3. The topological polar surface area (TPSA) is 114 Å². The molecule has 0 aromatic carbocycles. The number of carbonyl (C=O) groups excluding carboxylic acids is 3. The van der Waals surface area contributed by atoms with Crippen molar-refractivity contribution in [2.45, 2.75) is 44.8 Å². The van der Waals surface area contributed by atoms with Crippen LogP contribution in [0, 0.1) is 11.7 Å². The number of unbranched alkanes of at least 4 members (excludes halogenated alkanes) is 1. The summed E-state index contributed by atoms with van der Waals surface area (Å²) in [7, 11) is 0. The Morgan fingerprint density at radius 1 is 1.48 bits per heavy atom. The van der Waals surface area contributed by atoms with Crippen molar-refractivity contribution in [2.75, 3.05) is 18.4 Å². The highest BCUT2D eigenvalue weighted by molar-refractivity contribution is 5.97. The average Bonchev–Trinajstić information content (AvgIpc) is 3.08. The Labute approximate surface area is 166 Å². The quantitative estimate of drug-likeness (QED) is 0.182. The van der Waals surface area contributed by atoms with Crippen LogP contribution in [0.15, 0.2) is 18.3 Å². The molecule has 1 aromatic rings. The lowest BCUT2D eigenvalue weighted by Crippen LogP contribution is -2.48. The molecule has 1 aliphatic rings. The monoisotopic (exact) mass is 415 g/mol. The number of hydroxylamine groups is 2. The van der Waals surface area contributed by atoms with Gasteiger partial charge in [0, 0.05) is 12.5 Å². The van der Waals surface area contributed by atoms with Crippen LogP contribution in [-0.4, -0.2) is 63.9 Å². The molecule has 11 heteroatoms. The first-order chi connectivity index (χ1) is 13.8. The molecule has 0 spiro atoms. The Bertz CT molecular complexity index is 751. The van der Waals surface area contributed by atoms with Gasteiger partial charge in [-0.15, -0.1) is 0 Å². The van der Waals surface area contributed by atoms with Crippen molar-refractivity contribution >= 4 is 24.0 Å². The second-order valence-electron chi connectivity index (χ2n) is 6.97. The summed E-state index contributed by atoms with van der Waals surface area (Å²) in [5.41, 5.74) is 0. The van der Waals surface area contributed by atoms with Crippen LogP contribution in [0.3, 0.4) is 0 Å². The number of nitrogens with zero attached hydrogens (tertiary/aromatic N) is 3. The minimum atomic E-state index is -1.42. The van der Waals surface area contributed by atoms with Gasteiger partial charge in [-0.3, -0.25) is 14.8 Å². The zero-order chi connectivity index (χ0) is 21.6. The van der Waals surface area contributed by atoms with Crippen LogP contribution in [-0.2, 0) is 14.4 Å². The van der Waals surface area contributed by atoms with E-state index in [-0.39, 0.29) is 31.7 Å². The van der Waals surface area contributed by atoms with Crippen molar-refractivity contribution in [1.29, 1.82) is 0 Å². The second kappa shape index (κ2) is 10.1. The second-order valence-corrected chi connectivity index (χ2v) is 6.97. The molecule has 9 nitrogen and oxygen atoms in total. The fourth-order valence-corrected chi connectivity index (χ4v) is 3.30. The standard InChI is InChI=1S/C18H24F2N4O5/c1-2-3-4-12(8-22(28)11-25)18(27)23-9-14(20)7-15(23)17(26)21-16-6-5-13(19)10-24(16)29/h5-6,10-12,14-15,28-29H,2-4,7-9H2,1H3/p+1/t12-,14-,15+/m1/s1. The highest BCUT2D eigenvalue weighted by atomic mass is 19.1. The Balaban J connectivity index is 2.16. The molecule has 3 amide bonds. The van der Waals surface area contributed by atoms with E-state index in [1.54, 1.807) is 0 Å². The van der Waals surface area contributed by atoms with Gasteiger partial charge in [-0.2, -0.15) is 0 Å². The maximum absolute atomic E-state index is 14.1. The van der Waals surface area contributed by atoms with E-state index in [0.29, 0.717) is 22.6 Å². The van der Waals surface area contributed by atoms with Gasteiger partial charge in [0.05, 0.1) is 19.0 Å². The fraction of sp³-hybridized carbons (Fsp3) is 0.556. The molecule has 0 unspecified atom stereocenters. The first kappa shape index (κ1) is 22.5. The molecule has 0 saturated carbocycles. The zero-order valence-corrected chi connectivity index (χ0v) is 16.0. The number of alkyl halides is 1. The molecule has 0 aliphatic carbocycles. The molecule has 160 valence electrons. The van der Waals surface area contributed by atoms with Gasteiger partial charge >= 0.3 is 11.7 Å². The lowest BCUT2D eigenvalue weighted by molar-refractivity contribution is -0.894. The van der Waals surface area contributed by atoms with Crippen LogP contribution in [0.5, 0.6) is 0 Å². The minimum absolute atomic E-state index is 0.142. The van der Waals surface area contributed by atoms with E-state index in [2.05, 4.69) is 5.32 Å². The van der Waals surface area contributed by atoms with Gasteiger partial charge in [-0.25, -0.2) is 24.0 Å². The van der Waals surface area contributed by atoms with E-state index in [9.17, 15) is 33.6 Å². The SMILES string of the molecule is CCCC[C@H](CN(O)C=O)C(=O)N1C[C@H](F)C[C@H]1C(=O)Nc1ccc(F)c[n+]1O. The number of rotatable bonds is 9. The normalized spacial score (nSPS) is 19.7. The van der Waals surface area contributed by atoms with Crippen molar-refractivity contribution < 1.29 is 38.3 Å². The van der Waals surface area contributed by atoms with Crippen molar-refractivity contribution in [3.05, 3.63) is 24.1 Å². The lowest BCUT2D eigenvalue weighted by atomic mass is 9.99. The minimum Gasteiger partial charge on any atom is -0.350 e. The molecular formula is C18H25F2N4O5+.